The summed E-state index contributed by atoms with van der Waals surface area (Å²) in [5, 5.41) is 4.72. The van der Waals surface area contributed by atoms with E-state index in [2.05, 4.69) is 103 Å². The predicted octanol–water partition coefficient (Wildman–Crippen LogP) is 6.73. The van der Waals surface area contributed by atoms with Gasteiger partial charge < -0.3 is 18.9 Å². The van der Waals surface area contributed by atoms with Crippen LogP contribution in [0.4, 0.5) is 0 Å². The van der Waals surface area contributed by atoms with E-state index in [1.54, 1.807) is 0 Å². The van der Waals surface area contributed by atoms with Crippen molar-refractivity contribution in [3.63, 3.8) is 0 Å². The number of hydrogen-bond donors (Lipinski definition) is 0. The lowest BCUT2D eigenvalue weighted by atomic mass is 9.80. The Morgan fingerprint density at radius 2 is 1.03 bits per heavy atom. The number of epoxide rings is 2. The fourth-order valence-electron chi connectivity index (χ4n) is 5.22. The highest BCUT2D eigenvalue weighted by Crippen LogP contribution is 2.47. The molecule has 2 aliphatic heterocycles. The Labute approximate surface area is 216 Å². The van der Waals surface area contributed by atoms with Gasteiger partial charge in [0.25, 0.3) is 0 Å². The monoisotopic (exact) mass is 488 g/mol. The van der Waals surface area contributed by atoms with Crippen molar-refractivity contribution in [1.29, 1.82) is 0 Å². The fourth-order valence-corrected chi connectivity index (χ4v) is 5.22. The van der Waals surface area contributed by atoms with Crippen molar-refractivity contribution in [1.82, 2.24) is 0 Å². The Morgan fingerprint density at radius 1 is 0.568 bits per heavy atom. The number of hydrogen-bond acceptors (Lipinski definition) is 4. The molecule has 4 nitrogen and oxygen atoms in total. The molecule has 37 heavy (non-hydrogen) atoms. The summed E-state index contributed by atoms with van der Waals surface area (Å²) in [5.74, 6) is 1.66. The smallest absolute Gasteiger partial charge is 0.124 e. The molecule has 0 N–H and O–H groups in total. The van der Waals surface area contributed by atoms with E-state index < -0.39 is 0 Å². The third-order valence-electron chi connectivity index (χ3n) is 7.23. The molecule has 0 saturated carbocycles. The molecule has 0 radical (unpaired) electrons. The molecule has 2 heterocycles. The highest BCUT2D eigenvalue weighted by Gasteiger charge is 2.31. The molecule has 184 valence electrons. The molecule has 2 aliphatic rings. The Balaban J connectivity index is 1.50. The minimum atomic E-state index is -0.108. The van der Waals surface area contributed by atoms with Crippen LogP contribution in [0.15, 0.2) is 103 Å². The highest BCUT2D eigenvalue weighted by molar-refractivity contribution is 5.93. The van der Waals surface area contributed by atoms with Crippen LogP contribution in [-0.4, -0.2) is 38.6 Å². The minimum Gasteiger partial charge on any atom is -0.490 e. The first-order chi connectivity index (χ1) is 18.3. The molecular weight excluding hydrogens is 460 g/mol. The third-order valence-corrected chi connectivity index (χ3v) is 7.23. The molecule has 4 heteroatoms. The van der Waals surface area contributed by atoms with Crippen LogP contribution in [0.25, 0.3) is 21.5 Å². The van der Waals surface area contributed by atoms with Crippen LogP contribution in [0.1, 0.15) is 22.6 Å². The first-order valence-electron chi connectivity index (χ1n) is 12.9. The van der Waals surface area contributed by atoms with Gasteiger partial charge in [-0.15, -0.1) is 0 Å². The zero-order valence-electron chi connectivity index (χ0n) is 20.5. The van der Waals surface area contributed by atoms with Gasteiger partial charge in [0.1, 0.15) is 36.9 Å². The van der Waals surface area contributed by atoms with Gasteiger partial charge in [-0.3, -0.25) is 0 Å². The van der Waals surface area contributed by atoms with Gasteiger partial charge in [0.05, 0.1) is 13.2 Å². The Morgan fingerprint density at radius 3 is 1.51 bits per heavy atom. The summed E-state index contributed by atoms with van der Waals surface area (Å²) in [6.45, 7) is 2.61. The normalized spacial score (nSPS) is 19.0. The van der Waals surface area contributed by atoms with E-state index in [9.17, 15) is 0 Å². The first kappa shape index (κ1) is 22.3. The molecule has 0 amide bonds. The summed E-state index contributed by atoms with van der Waals surface area (Å²) < 4.78 is 23.9. The van der Waals surface area contributed by atoms with Crippen LogP contribution in [0.3, 0.4) is 0 Å². The van der Waals surface area contributed by atoms with Crippen molar-refractivity contribution in [2.24, 2.45) is 0 Å². The van der Waals surface area contributed by atoms with Crippen LogP contribution in [-0.2, 0) is 9.47 Å². The van der Waals surface area contributed by atoms with Gasteiger partial charge in [0.15, 0.2) is 0 Å². The lowest BCUT2D eigenvalue weighted by molar-refractivity contribution is 0.258. The Kier molecular flexibility index (Phi) is 5.77. The lowest BCUT2D eigenvalue weighted by Crippen LogP contribution is -2.13. The average Bonchev–Trinajstić information content (AvgIpc) is 3.88. The molecule has 2 atom stereocenters. The van der Waals surface area contributed by atoms with Crippen molar-refractivity contribution in [3.05, 3.63) is 120 Å². The highest BCUT2D eigenvalue weighted by atomic mass is 16.6. The lowest BCUT2D eigenvalue weighted by Gasteiger charge is -2.27. The zero-order chi connectivity index (χ0) is 24.6. The average molecular weight is 489 g/mol. The second-order valence-corrected chi connectivity index (χ2v) is 9.77. The second-order valence-electron chi connectivity index (χ2n) is 9.77. The van der Waals surface area contributed by atoms with Crippen molar-refractivity contribution in [2.45, 2.75) is 18.1 Å². The Bertz CT molecular complexity index is 1450. The number of fused-ring (bicyclic) bond motifs is 2. The molecule has 0 aromatic heterocycles. The topological polar surface area (TPSA) is 43.5 Å². The van der Waals surface area contributed by atoms with Gasteiger partial charge in [0, 0.05) is 17.0 Å². The van der Waals surface area contributed by atoms with Crippen molar-refractivity contribution in [3.8, 4) is 11.5 Å². The number of rotatable bonds is 9. The standard InChI is InChI=1S/C33H28O4/c1-2-10-24(11-3-1)31(32-27-12-6-4-8-22(27)14-16-29(32)36-20-25-18-34-25)33-28-13-7-5-9-23(28)15-17-30(33)37-21-26-19-35-26/h1-17,25-26,31H,18-21H2. The van der Waals surface area contributed by atoms with Gasteiger partial charge in [-0.05, 0) is 39.2 Å². The molecule has 2 unspecified atom stereocenters. The maximum Gasteiger partial charge on any atom is 0.124 e. The second kappa shape index (κ2) is 9.55. The summed E-state index contributed by atoms with van der Waals surface area (Å²) in [6, 6.07) is 36.3. The zero-order valence-corrected chi connectivity index (χ0v) is 20.5. The molecule has 5 aromatic carbocycles. The number of benzene rings is 5. The molecule has 0 spiro atoms. The van der Waals surface area contributed by atoms with E-state index in [-0.39, 0.29) is 18.1 Å². The van der Waals surface area contributed by atoms with Crippen LogP contribution in [0, 0.1) is 0 Å². The Hall–Kier alpha value is -3.86. The number of ether oxygens (including phenoxy) is 4. The van der Waals surface area contributed by atoms with E-state index in [1.807, 2.05) is 0 Å². The van der Waals surface area contributed by atoms with Gasteiger partial charge >= 0.3 is 0 Å². The molecule has 0 bridgehead atoms. The quantitative estimate of drug-likeness (QED) is 0.170. The van der Waals surface area contributed by atoms with Gasteiger partial charge in [-0.25, -0.2) is 0 Å². The fraction of sp³-hybridized carbons (Fsp3) is 0.212. The molecule has 0 aliphatic carbocycles. The molecule has 2 saturated heterocycles. The largest absolute Gasteiger partial charge is 0.490 e. The van der Waals surface area contributed by atoms with Crippen molar-refractivity contribution >= 4 is 21.5 Å². The predicted molar refractivity (Wildman–Crippen MR) is 146 cm³/mol. The van der Waals surface area contributed by atoms with E-state index in [4.69, 9.17) is 18.9 Å². The van der Waals surface area contributed by atoms with Crippen LogP contribution in [0.5, 0.6) is 11.5 Å². The van der Waals surface area contributed by atoms with Crippen molar-refractivity contribution in [2.75, 3.05) is 26.4 Å². The van der Waals surface area contributed by atoms with Gasteiger partial charge in [0.2, 0.25) is 0 Å². The van der Waals surface area contributed by atoms with Crippen LogP contribution in [0.2, 0.25) is 0 Å². The maximum atomic E-state index is 6.47. The van der Waals surface area contributed by atoms with Crippen molar-refractivity contribution < 1.29 is 18.9 Å². The summed E-state index contributed by atoms with van der Waals surface area (Å²) in [5.41, 5.74) is 3.48. The van der Waals surface area contributed by atoms with E-state index in [0.29, 0.717) is 13.2 Å². The summed E-state index contributed by atoms with van der Waals surface area (Å²) >= 11 is 0. The molecule has 5 aromatic rings. The first-order valence-corrected chi connectivity index (χ1v) is 12.9. The molecule has 7 rings (SSSR count). The summed E-state index contributed by atoms with van der Waals surface area (Å²) in [6.07, 6.45) is 0.342. The molecular formula is C33H28O4. The molecule has 2 fully saturated rings. The van der Waals surface area contributed by atoms with E-state index in [0.717, 1.165) is 35.8 Å². The van der Waals surface area contributed by atoms with Crippen LogP contribution < -0.4 is 9.47 Å². The summed E-state index contributed by atoms with van der Waals surface area (Å²) in [7, 11) is 0. The maximum absolute atomic E-state index is 6.47. The summed E-state index contributed by atoms with van der Waals surface area (Å²) in [4.78, 5) is 0. The minimum absolute atomic E-state index is 0.108. The van der Waals surface area contributed by atoms with Gasteiger partial charge in [-0.2, -0.15) is 0 Å². The SMILES string of the molecule is c1ccc(C(c2c(OCC3CO3)ccc3ccccc23)c2c(OCC3CO3)ccc3ccccc23)cc1. The van der Waals surface area contributed by atoms with Crippen LogP contribution >= 0.6 is 0 Å². The van der Waals surface area contributed by atoms with E-state index >= 15 is 0 Å². The van der Waals surface area contributed by atoms with E-state index in [1.165, 1.54) is 27.1 Å². The van der Waals surface area contributed by atoms with Gasteiger partial charge in [-0.1, -0.05) is 91.0 Å². The third kappa shape index (κ3) is 4.55.